The summed E-state index contributed by atoms with van der Waals surface area (Å²) in [6.07, 6.45) is 1.52. The van der Waals surface area contributed by atoms with E-state index in [2.05, 4.69) is 41.5 Å². The molecule has 15 heavy (non-hydrogen) atoms. The minimum absolute atomic E-state index is 0.0830. The van der Waals surface area contributed by atoms with Gasteiger partial charge in [-0.1, -0.05) is 34.6 Å². The SMILES string of the molecule is CC(C)CC(C)OC(C(C)N)C(C)(C)C. The zero-order valence-corrected chi connectivity index (χ0v) is 11.5. The summed E-state index contributed by atoms with van der Waals surface area (Å²) in [5.41, 5.74) is 6.09. The van der Waals surface area contributed by atoms with Crippen LogP contribution in [0, 0.1) is 11.3 Å². The Kier molecular flexibility index (Phi) is 5.82. The van der Waals surface area contributed by atoms with Gasteiger partial charge >= 0.3 is 0 Å². The fraction of sp³-hybridized carbons (Fsp3) is 1.00. The maximum Gasteiger partial charge on any atom is 0.0774 e. The smallest absolute Gasteiger partial charge is 0.0774 e. The third kappa shape index (κ3) is 6.16. The molecule has 2 N–H and O–H groups in total. The summed E-state index contributed by atoms with van der Waals surface area (Å²) < 4.78 is 6.06. The molecule has 0 amide bonds. The van der Waals surface area contributed by atoms with Crippen LogP contribution in [0.2, 0.25) is 0 Å². The lowest BCUT2D eigenvalue weighted by molar-refractivity contribution is -0.0750. The molecule has 0 aromatic carbocycles. The van der Waals surface area contributed by atoms with E-state index in [0.29, 0.717) is 12.0 Å². The Morgan fingerprint density at radius 3 is 1.80 bits per heavy atom. The molecule has 2 heteroatoms. The quantitative estimate of drug-likeness (QED) is 0.764. The zero-order chi connectivity index (χ0) is 12.2. The van der Waals surface area contributed by atoms with Gasteiger partial charge in [-0.3, -0.25) is 0 Å². The number of rotatable bonds is 5. The van der Waals surface area contributed by atoms with Crippen LogP contribution in [0.25, 0.3) is 0 Å². The maximum atomic E-state index is 6.06. The zero-order valence-electron chi connectivity index (χ0n) is 11.5. The first-order chi connectivity index (χ1) is 6.64. The predicted molar refractivity (Wildman–Crippen MR) is 66.9 cm³/mol. The second-order valence-electron chi connectivity index (χ2n) is 6.22. The van der Waals surface area contributed by atoms with Crippen molar-refractivity contribution in [2.75, 3.05) is 0 Å². The molecular weight excluding hydrogens is 186 g/mol. The van der Waals surface area contributed by atoms with Crippen molar-refractivity contribution < 1.29 is 4.74 Å². The Morgan fingerprint density at radius 1 is 1.07 bits per heavy atom. The minimum Gasteiger partial charge on any atom is -0.373 e. The van der Waals surface area contributed by atoms with E-state index >= 15 is 0 Å². The molecule has 2 nitrogen and oxygen atoms in total. The van der Waals surface area contributed by atoms with E-state index < -0.39 is 0 Å². The molecule has 0 aromatic rings. The van der Waals surface area contributed by atoms with E-state index in [1.165, 1.54) is 0 Å². The average Bonchev–Trinajstić information content (AvgIpc) is 1.95. The van der Waals surface area contributed by atoms with Crippen LogP contribution in [0.1, 0.15) is 54.9 Å². The van der Waals surface area contributed by atoms with Crippen molar-refractivity contribution in [2.45, 2.75) is 73.1 Å². The third-order valence-electron chi connectivity index (χ3n) is 2.51. The van der Waals surface area contributed by atoms with E-state index in [-0.39, 0.29) is 17.6 Å². The first-order valence-electron chi connectivity index (χ1n) is 6.05. The molecule has 0 saturated heterocycles. The van der Waals surface area contributed by atoms with Gasteiger partial charge < -0.3 is 10.5 Å². The number of nitrogens with two attached hydrogens (primary N) is 1. The number of hydrogen-bond acceptors (Lipinski definition) is 2. The highest BCUT2D eigenvalue weighted by molar-refractivity contribution is 4.82. The van der Waals surface area contributed by atoms with E-state index in [4.69, 9.17) is 10.5 Å². The van der Waals surface area contributed by atoms with Crippen LogP contribution in [0.15, 0.2) is 0 Å². The van der Waals surface area contributed by atoms with Crippen LogP contribution in [0.5, 0.6) is 0 Å². The molecule has 0 rings (SSSR count). The topological polar surface area (TPSA) is 35.2 Å². The van der Waals surface area contributed by atoms with Gasteiger partial charge in [0, 0.05) is 6.04 Å². The highest BCUT2D eigenvalue weighted by atomic mass is 16.5. The van der Waals surface area contributed by atoms with Gasteiger partial charge in [0.1, 0.15) is 0 Å². The van der Waals surface area contributed by atoms with Crippen LogP contribution in [0.4, 0.5) is 0 Å². The van der Waals surface area contributed by atoms with Gasteiger partial charge in [0.25, 0.3) is 0 Å². The molecule has 0 aliphatic rings. The third-order valence-corrected chi connectivity index (χ3v) is 2.51. The van der Waals surface area contributed by atoms with Gasteiger partial charge in [-0.15, -0.1) is 0 Å². The monoisotopic (exact) mass is 215 g/mol. The van der Waals surface area contributed by atoms with Gasteiger partial charge in [0.2, 0.25) is 0 Å². The highest BCUT2D eigenvalue weighted by Gasteiger charge is 2.30. The van der Waals surface area contributed by atoms with Gasteiger partial charge in [0.15, 0.2) is 0 Å². The molecule has 0 aliphatic carbocycles. The predicted octanol–water partition coefficient (Wildman–Crippen LogP) is 3.20. The maximum absolute atomic E-state index is 6.06. The minimum atomic E-state index is 0.0830. The Bertz CT molecular complexity index is 170. The Labute approximate surface area is 95.6 Å². The molecule has 0 aliphatic heterocycles. The molecule has 3 atom stereocenters. The lowest BCUT2D eigenvalue weighted by Gasteiger charge is -2.36. The standard InChI is InChI=1S/C13H29NO/c1-9(2)8-10(3)15-12(11(4)14)13(5,6)7/h9-12H,8,14H2,1-7H3. The van der Waals surface area contributed by atoms with E-state index in [9.17, 15) is 0 Å². The molecule has 0 aromatic heterocycles. The normalized spacial score (nSPS) is 19.0. The first-order valence-corrected chi connectivity index (χ1v) is 6.05. The lowest BCUT2D eigenvalue weighted by Crippen LogP contribution is -2.45. The summed E-state index contributed by atoms with van der Waals surface area (Å²) in [6, 6.07) is 0.0830. The second-order valence-corrected chi connectivity index (χ2v) is 6.22. The van der Waals surface area contributed by atoms with Crippen molar-refractivity contribution in [3.63, 3.8) is 0 Å². The van der Waals surface area contributed by atoms with Crippen LogP contribution in [-0.2, 0) is 4.74 Å². The second kappa shape index (κ2) is 5.86. The van der Waals surface area contributed by atoms with Gasteiger partial charge in [-0.25, -0.2) is 0 Å². The summed E-state index contributed by atoms with van der Waals surface area (Å²) in [4.78, 5) is 0. The van der Waals surface area contributed by atoms with Crippen LogP contribution in [0.3, 0.4) is 0 Å². The largest absolute Gasteiger partial charge is 0.373 e. The average molecular weight is 215 g/mol. The van der Waals surface area contributed by atoms with Crippen molar-refractivity contribution in [3.05, 3.63) is 0 Å². The van der Waals surface area contributed by atoms with Crippen molar-refractivity contribution in [3.8, 4) is 0 Å². The molecule has 0 saturated carbocycles. The summed E-state index contributed by atoms with van der Waals surface area (Å²) in [5.74, 6) is 0.675. The van der Waals surface area contributed by atoms with Crippen LogP contribution < -0.4 is 5.73 Å². The van der Waals surface area contributed by atoms with E-state index in [1.807, 2.05) is 6.92 Å². The molecule has 0 fully saturated rings. The van der Waals surface area contributed by atoms with E-state index in [0.717, 1.165) is 6.42 Å². The molecular formula is C13H29NO. The molecule has 0 heterocycles. The molecule has 0 radical (unpaired) electrons. The molecule has 92 valence electrons. The summed E-state index contributed by atoms with van der Waals surface area (Å²) >= 11 is 0. The lowest BCUT2D eigenvalue weighted by atomic mass is 9.85. The van der Waals surface area contributed by atoms with Gasteiger partial charge in [0.05, 0.1) is 12.2 Å². The fourth-order valence-corrected chi connectivity index (χ4v) is 2.09. The Morgan fingerprint density at radius 2 is 1.53 bits per heavy atom. The molecule has 3 unspecified atom stereocenters. The van der Waals surface area contributed by atoms with Crippen molar-refractivity contribution in [2.24, 2.45) is 17.1 Å². The first kappa shape index (κ1) is 14.9. The van der Waals surface area contributed by atoms with Crippen LogP contribution in [-0.4, -0.2) is 18.2 Å². The Balaban J connectivity index is 4.30. The number of ether oxygens (including phenoxy) is 1. The van der Waals surface area contributed by atoms with Gasteiger partial charge in [-0.05, 0) is 31.6 Å². The van der Waals surface area contributed by atoms with Gasteiger partial charge in [-0.2, -0.15) is 0 Å². The molecule has 0 bridgehead atoms. The highest BCUT2D eigenvalue weighted by Crippen LogP contribution is 2.26. The van der Waals surface area contributed by atoms with Crippen LogP contribution >= 0.6 is 0 Å². The summed E-state index contributed by atoms with van der Waals surface area (Å²) in [7, 11) is 0. The summed E-state index contributed by atoms with van der Waals surface area (Å²) in [5, 5.41) is 0. The van der Waals surface area contributed by atoms with Crippen molar-refractivity contribution in [1.82, 2.24) is 0 Å². The molecule has 0 spiro atoms. The van der Waals surface area contributed by atoms with E-state index in [1.54, 1.807) is 0 Å². The number of hydrogen-bond donors (Lipinski definition) is 1. The van der Waals surface area contributed by atoms with Crippen molar-refractivity contribution in [1.29, 1.82) is 0 Å². The Hall–Kier alpha value is -0.0800. The van der Waals surface area contributed by atoms with Crippen molar-refractivity contribution >= 4 is 0 Å². The fourth-order valence-electron chi connectivity index (χ4n) is 2.09. The summed E-state index contributed by atoms with van der Waals surface area (Å²) in [6.45, 7) is 15.2.